The molecule has 1 aliphatic carbocycles. The lowest BCUT2D eigenvalue weighted by molar-refractivity contribution is 0.454. The molecule has 3 heteroatoms. The van der Waals surface area contributed by atoms with Gasteiger partial charge in [0.15, 0.2) is 0 Å². The Bertz CT molecular complexity index is 775. The molecule has 0 spiro atoms. The number of hydrogen-bond donors (Lipinski definition) is 1. The van der Waals surface area contributed by atoms with E-state index in [4.69, 9.17) is 0 Å². The van der Waals surface area contributed by atoms with E-state index in [-0.39, 0.29) is 0 Å². The number of nitrogens with one attached hydrogen (secondary N) is 1. The first-order valence-corrected chi connectivity index (χ1v) is 7.54. The topological polar surface area (TPSA) is 29.3 Å². The molecule has 3 aromatic rings. The molecule has 2 aromatic heterocycles. The average molecular weight is 277 g/mol. The van der Waals surface area contributed by atoms with Crippen molar-refractivity contribution in [2.75, 3.05) is 7.05 Å². The predicted octanol–water partition coefficient (Wildman–Crippen LogP) is 3.32. The molecule has 1 N–H and O–H groups in total. The summed E-state index contributed by atoms with van der Waals surface area (Å²) in [6.07, 6.45) is 6.34. The molecule has 2 atom stereocenters. The fourth-order valence-corrected chi connectivity index (χ4v) is 3.48. The Balaban J connectivity index is 1.62. The van der Waals surface area contributed by atoms with Crippen LogP contribution >= 0.6 is 0 Å². The van der Waals surface area contributed by atoms with Gasteiger partial charge in [0.2, 0.25) is 0 Å². The van der Waals surface area contributed by atoms with E-state index in [1.807, 2.05) is 30.0 Å². The third-order valence-electron chi connectivity index (χ3n) is 4.66. The summed E-state index contributed by atoms with van der Waals surface area (Å²) in [6.45, 7) is 0. The number of pyridine rings is 1. The van der Waals surface area contributed by atoms with Gasteiger partial charge in [0.25, 0.3) is 0 Å². The van der Waals surface area contributed by atoms with Gasteiger partial charge >= 0.3 is 0 Å². The maximum atomic E-state index is 4.46. The standard InChI is InChI=1S/C18H19N3/c1-19-17(11-14-10-13-6-2-3-7-15(13)14)16-12-20-21-9-5-4-8-18(16)21/h2-9,12,14,17,19H,10-11H2,1H3. The highest BCUT2D eigenvalue weighted by Crippen LogP contribution is 2.41. The van der Waals surface area contributed by atoms with Crippen LogP contribution in [0.15, 0.2) is 54.9 Å². The summed E-state index contributed by atoms with van der Waals surface area (Å²) in [5.74, 6) is 0.664. The summed E-state index contributed by atoms with van der Waals surface area (Å²) in [4.78, 5) is 0. The van der Waals surface area contributed by atoms with Crippen LogP contribution in [0.5, 0.6) is 0 Å². The molecule has 3 nitrogen and oxygen atoms in total. The van der Waals surface area contributed by atoms with Gasteiger partial charge in [-0.15, -0.1) is 0 Å². The molecule has 1 aromatic carbocycles. The number of hydrogen-bond acceptors (Lipinski definition) is 2. The van der Waals surface area contributed by atoms with E-state index in [9.17, 15) is 0 Å². The summed E-state index contributed by atoms with van der Waals surface area (Å²) in [5.41, 5.74) is 5.53. The summed E-state index contributed by atoms with van der Waals surface area (Å²) in [7, 11) is 2.04. The van der Waals surface area contributed by atoms with E-state index in [0.29, 0.717) is 12.0 Å². The fraction of sp³-hybridized carbons (Fsp3) is 0.278. The highest BCUT2D eigenvalue weighted by atomic mass is 15.2. The number of nitrogens with zero attached hydrogens (tertiary/aromatic N) is 2. The van der Waals surface area contributed by atoms with E-state index in [0.717, 1.165) is 6.42 Å². The number of benzene rings is 1. The van der Waals surface area contributed by atoms with E-state index < -0.39 is 0 Å². The predicted molar refractivity (Wildman–Crippen MR) is 84.5 cm³/mol. The van der Waals surface area contributed by atoms with Crippen molar-refractivity contribution in [2.24, 2.45) is 0 Å². The van der Waals surface area contributed by atoms with Crippen LogP contribution in [0.4, 0.5) is 0 Å². The van der Waals surface area contributed by atoms with Crippen molar-refractivity contribution in [1.29, 1.82) is 0 Å². The van der Waals surface area contributed by atoms with Crippen molar-refractivity contribution < 1.29 is 0 Å². The van der Waals surface area contributed by atoms with Crippen molar-refractivity contribution in [2.45, 2.75) is 24.8 Å². The lowest BCUT2D eigenvalue weighted by Gasteiger charge is -2.33. The van der Waals surface area contributed by atoms with Gasteiger partial charge in [-0.05, 0) is 49.1 Å². The molecule has 0 saturated heterocycles. The van der Waals surface area contributed by atoms with Crippen molar-refractivity contribution in [3.8, 4) is 0 Å². The van der Waals surface area contributed by atoms with Gasteiger partial charge in [-0.3, -0.25) is 0 Å². The van der Waals surface area contributed by atoms with E-state index in [2.05, 4.69) is 46.8 Å². The molecule has 2 unspecified atom stereocenters. The molecule has 4 rings (SSSR count). The van der Waals surface area contributed by atoms with Crippen molar-refractivity contribution in [3.05, 3.63) is 71.5 Å². The molecule has 1 aliphatic rings. The maximum Gasteiger partial charge on any atom is 0.0709 e. The third-order valence-corrected chi connectivity index (χ3v) is 4.66. The minimum Gasteiger partial charge on any atom is -0.313 e. The zero-order valence-electron chi connectivity index (χ0n) is 12.2. The van der Waals surface area contributed by atoms with Gasteiger partial charge < -0.3 is 5.32 Å². The van der Waals surface area contributed by atoms with Gasteiger partial charge in [0, 0.05) is 17.8 Å². The zero-order valence-corrected chi connectivity index (χ0v) is 12.2. The molecule has 0 amide bonds. The zero-order chi connectivity index (χ0) is 14.2. The molecule has 0 bridgehead atoms. The van der Waals surface area contributed by atoms with Gasteiger partial charge in [-0.1, -0.05) is 30.3 Å². The van der Waals surface area contributed by atoms with Crippen LogP contribution in [0.1, 0.15) is 35.1 Å². The summed E-state index contributed by atoms with van der Waals surface area (Å²) in [5, 5.41) is 7.93. The van der Waals surface area contributed by atoms with Gasteiger partial charge in [0.1, 0.15) is 0 Å². The smallest absolute Gasteiger partial charge is 0.0709 e. The second kappa shape index (κ2) is 5.01. The van der Waals surface area contributed by atoms with Crippen LogP contribution in [0.2, 0.25) is 0 Å². The molecule has 21 heavy (non-hydrogen) atoms. The molecule has 0 aliphatic heterocycles. The Labute approximate surface area is 124 Å². The van der Waals surface area contributed by atoms with Crippen LogP contribution in [0, 0.1) is 0 Å². The molecule has 2 heterocycles. The monoisotopic (exact) mass is 277 g/mol. The normalized spacial score (nSPS) is 18.2. The Morgan fingerprint density at radius 1 is 1.24 bits per heavy atom. The number of fused-ring (bicyclic) bond motifs is 2. The lowest BCUT2D eigenvalue weighted by Crippen LogP contribution is -2.24. The Morgan fingerprint density at radius 3 is 2.95 bits per heavy atom. The van der Waals surface area contributed by atoms with E-state index in [1.165, 1.54) is 28.6 Å². The van der Waals surface area contributed by atoms with Crippen LogP contribution in [-0.2, 0) is 6.42 Å². The molecular weight excluding hydrogens is 258 g/mol. The van der Waals surface area contributed by atoms with Crippen molar-refractivity contribution in [3.63, 3.8) is 0 Å². The number of rotatable bonds is 4. The first kappa shape index (κ1) is 12.6. The SMILES string of the molecule is CNC(CC1Cc2ccccc21)c1cnn2ccccc12. The maximum absolute atomic E-state index is 4.46. The number of aromatic nitrogens is 2. The van der Waals surface area contributed by atoms with Crippen molar-refractivity contribution in [1.82, 2.24) is 14.9 Å². The Kier molecular flexibility index (Phi) is 3.00. The van der Waals surface area contributed by atoms with E-state index in [1.54, 1.807) is 0 Å². The van der Waals surface area contributed by atoms with Gasteiger partial charge in [-0.25, -0.2) is 4.52 Å². The quantitative estimate of drug-likeness (QED) is 0.792. The van der Waals surface area contributed by atoms with E-state index >= 15 is 0 Å². The molecular formula is C18H19N3. The average Bonchev–Trinajstić information content (AvgIpc) is 2.93. The molecule has 0 radical (unpaired) electrons. The fourth-order valence-electron chi connectivity index (χ4n) is 3.48. The third kappa shape index (κ3) is 2.05. The Hall–Kier alpha value is -2.13. The van der Waals surface area contributed by atoms with Crippen LogP contribution in [0.25, 0.3) is 5.52 Å². The Morgan fingerprint density at radius 2 is 2.10 bits per heavy atom. The van der Waals surface area contributed by atoms with Gasteiger partial charge in [-0.2, -0.15) is 5.10 Å². The largest absolute Gasteiger partial charge is 0.313 e. The second-order valence-electron chi connectivity index (χ2n) is 5.81. The summed E-state index contributed by atoms with van der Waals surface area (Å²) < 4.78 is 1.95. The highest BCUT2D eigenvalue weighted by Gasteiger charge is 2.29. The van der Waals surface area contributed by atoms with Gasteiger partial charge in [0.05, 0.1) is 11.7 Å². The lowest BCUT2D eigenvalue weighted by atomic mass is 9.74. The molecule has 0 fully saturated rings. The highest BCUT2D eigenvalue weighted by molar-refractivity contribution is 5.55. The van der Waals surface area contributed by atoms with Crippen LogP contribution in [-0.4, -0.2) is 16.7 Å². The molecule has 0 saturated carbocycles. The first-order chi connectivity index (χ1) is 10.4. The minimum atomic E-state index is 0.350. The van der Waals surface area contributed by atoms with Crippen LogP contribution < -0.4 is 5.32 Å². The minimum absolute atomic E-state index is 0.350. The first-order valence-electron chi connectivity index (χ1n) is 7.54. The second-order valence-corrected chi connectivity index (χ2v) is 5.81. The summed E-state index contributed by atoms with van der Waals surface area (Å²) >= 11 is 0. The van der Waals surface area contributed by atoms with Crippen LogP contribution in [0.3, 0.4) is 0 Å². The van der Waals surface area contributed by atoms with Crippen molar-refractivity contribution >= 4 is 5.52 Å². The molecule has 106 valence electrons. The summed E-state index contributed by atoms with van der Waals surface area (Å²) in [6, 6.07) is 15.4.